The summed E-state index contributed by atoms with van der Waals surface area (Å²) in [6, 6.07) is 8.47. The Bertz CT molecular complexity index is 1250. The normalized spacial score (nSPS) is 14.5. The van der Waals surface area contributed by atoms with Gasteiger partial charge in [0, 0.05) is 51.5 Å². The number of carbonyl (C=O) groups excluding carboxylic acids is 1. The summed E-state index contributed by atoms with van der Waals surface area (Å²) in [5.41, 5.74) is 2.36. The van der Waals surface area contributed by atoms with Gasteiger partial charge in [-0.2, -0.15) is 0 Å². The molecule has 184 valence electrons. The average molecular weight is 479 g/mol. The van der Waals surface area contributed by atoms with Gasteiger partial charge in [0.05, 0.1) is 30.0 Å². The predicted octanol–water partition coefficient (Wildman–Crippen LogP) is 1.65. The SMILES string of the molecule is Cc1ncc(Cn2c(NC3CCN(CCNC(=O)c4cnccn4)CC3)nc3ccccc32)o1.O. The van der Waals surface area contributed by atoms with Crippen molar-refractivity contribution in [2.45, 2.75) is 32.4 Å². The Morgan fingerprint density at radius 2 is 1.97 bits per heavy atom. The Hall–Kier alpha value is -3.83. The number of aryl methyl sites for hydroxylation is 1. The van der Waals surface area contributed by atoms with E-state index >= 15 is 0 Å². The largest absolute Gasteiger partial charge is 0.444 e. The van der Waals surface area contributed by atoms with E-state index < -0.39 is 0 Å². The van der Waals surface area contributed by atoms with Gasteiger partial charge in [0.1, 0.15) is 11.5 Å². The highest BCUT2D eigenvalue weighted by Crippen LogP contribution is 2.24. The first-order valence-electron chi connectivity index (χ1n) is 11.6. The van der Waals surface area contributed by atoms with Gasteiger partial charge in [-0.1, -0.05) is 12.1 Å². The molecule has 3 aromatic heterocycles. The molecule has 0 atom stereocenters. The number of rotatable bonds is 8. The smallest absolute Gasteiger partial charge is 0.271 e. The number of benzene rings is 1. The van der Waals surface area contributed by atoms with E-state index in [-0.39, 0.29) is 11.4 Å². The molecule has 1 aromatic carbocycles. The molecule has 0 saturated carbocycles. The van der Waals surface area contributed by atoms with Crippen molar-refractivity contribution in [3.05, 3.63) is 66.4 Å². The van der Waals surface area contributed by atoms with Gasteiger partial charge in [0.25, 0.3) is 5.91 Å². The lowest BCUT2D eigenvalue weighted by molar-refractivity contribution is 0.0940. The molecular weight excluding hydrogens is 448 g/mol. The quantitative estimate of drug-likeness (QED) is 0.389. The minimum absolute atomic E-state index is 0. The number of anilines is 1. The number of aromatic nitrogens is 5. The van der Waals surface area contributed by atoms with Crippen LogP contribution in [0.1, 0.15) is 35.0 Å². The number of oxazole rings is 1. The molecule has 4 N–H and O–H groups in total. The van der Waals surface area contributed by atoms with Gasteiger partial charge in [0.15, 0.2) is 5.89 Å². The van der Waals surface area contributed by atoms with E-state index in [1.165, 1.54) is 12.4 Å². The Labute approximate surface area is 202 Å². The van der Waals surface area contributed by atoms with E-state index in [1.54, 1.807) is 12.4 Å². The van der Waals surface area contributed by atoms with Crippen LogP contribution in [0.4, 0.5) is 5.95 Å². The zero-order chi connectivity index (χ0) is 23.3. The Morgan fingerprint density at radius 1 is 1.14 bits per heavy atom. The highest BCUT2D eigenvalue weighted by molar-refractivity contribution is 5.91. The number of likely N-dealkylation sites (tertiary alicyclic amines) is 1. The molecule has 0 spiro atoms. The van der Waals surface area contributed by atoms with Crippen LogP contribution in [0.3, 0.4) is 0 Å². The second kappa shape index (κ2) is 11.1. The van der Waals surface area contributed by atoms with Gasteiger partial charge in [-0.3, -0.25) is 9.78 Å². The molecule has 1 fully saturated rings. The molecule has 0 bridgehead atoms. The lowest BCUT2D eigenvalue weighted by Crippen LogP contribution is -2.43. The molecule has 35 heavy (non-hydrogen) atoms. The number of amides is 1. The summed E-state index contributed by atoms with van der Waals surface area (Å²) < 4.78 is 7.87. The molecule has 1 amide bonds. The van der Waals surface area contributed by atoms with Crippen LogP contribution in [0, 0.1) is 6.92 Å². The standard InChI is InChI=1S/C24H28N8O2.H2O/c1-17-28-14-19(34-17)16-32-22-5-3-2-4-20(22)30-24(32)29-18-6-11-31(12-7-18)13-10-27-23(33)21-15-25-8-9-26-21;/h2-5,8-9,14-15,18H,6-7,10-13,16H2,1H3,(H,27,33)(H,29,30);1H2. The summed E-state index contributed by atoms with van der Waals surface area (Å²) in [6.45, 7) is 5.74. The first-order chi connectivity index (χ1) is 16.7. The van der Waals surface area contributed by atoms with Gasteiger partial charge >= 0.3 is 0 Å². The summed E-state index contributed by atoms with van der Waals surface area (Å²) in [5, 5.41) is 6.58. The average Bonchev–Trinajstić information content (AvgIpc) is 3.43. The third-order valence-corrected chi connectivity index (χ3v) is 6.07. The zero-order valence-corrected chi connectivity index (χ0v) is 19.6. The van der Waals surface area contributed by atoms with Crippen LogP contribution in [0.5, 0.6) is 0 Å². The summed E-state index contributed by atoms with van der Waals surface area (Å²) in [4.78, 5) is 31.5. The number of piperidine rings is 1. The number of fused-ring (bicyclic) bond motifs is 1. The summed E-state index contributed by atoms with van der Waals surface area (Å²) >= 11 is 0. The van der Waals surface area contributed by atoms with Crippen molar-refractivity contribution < 1.29 is 14.7 Å². The van der Waals surface area contributed by atoms with Gasteiger partial charge in [-0.25, -0.2) is 15.0 Å². The maximum absolute atomic E-state index is 12.1. The van der Waals surface area contributed by atoms with Crippen molar-refractivity contribution in [3.63, 3.8) is 0 Å². The number of imidazole rings is 1. The third kappa shape index (κ3) is 5.81. The van der Waals surface area contributed by atoms with Gasteiger partial charge in [-0.05, 0) is 25.0 Å². The van der Waals surface area contributed by atoms with Crippen molar-refractivity contribution in [2.24, 2.45) is 0 Å². The predicted molar refractivity (Wildman–Crippen MR) is 131 cm³/mol. The van der Waals surface area contributed by atoms with Crippen molar-refractivity contribution in [1.29, 1.82) is 0 Å². The van der Waals surface area contributed by atoms with Crippen LogP contribution in [0.15, 0.2) is 53.5 Å². The zero-order valence-electron chi connectivity index (χ0n) is 19.6. The van der Waals surface area contributed by atoms with Crippen molar-refractivity contribution in [2.75, 3.05) is 31.5 Å². The molecule has 0 aliphatic carbocycles. The second-order valence-corrected chi connectivity index (χ2v) is 8.46. The van der Waals surface area contributed by atoms with E-state index in [2.05, 4.69) is 41.1 Å². The van der Waals surface area contributed by atoms with E-state index in [0.717, 1.165) is 55.2 Å². The number of carbonyl (C=O) groups is 1. The first-order valence-corrected chi connectivity index (χ1v) is 11.6. The van der Waals surface area contributed by atoms with Crippen LogP contribution >= 0.6 is 0 Å². The van der Waals surface area contributed by atoms with Crippen molar-refractivity contribution in [3.8, 4) is 0 Å². The molecule has 11 nitrogen and oxygen atoms in total. The minimum atomic E-state index is -0.189. The molecule has 4 aromatic rings. The summed E-state index contributed by atoms with van der Waals surface area (Å²) in [6.07, 6.45) is 8.33. The second-order valence-electron chi connectivity index (χ2n) is 8.46. The number of hydrogen-bond acceptors (Lipinski definition) is 8. The van der Waals surface area contributed by atoms with Crippen molar-refractivity contribution >= 4 is 22.9 Å². The maximum atomic E-state index is 12.1. The Kier molecular flexibility index (Phi) is 7.68. The van der Waals surface area contributed by atoms with Crippen LogP contribution in [-0.2, 0) is 6.54 Å². The van der Waals surface area contributed by atoms with E-state index in [9.17, 15) is 4.79 Å². The number of nitrogens with one attached hydrogen (secondary N) is 2. The van der Waals surface area contributed by atoms with Crippen LogP contribution < -0.4 is 10.6 Å². The topological polar surface area (TPSA) is 146 Å². The van der Waals surface area contributed by atoms with E-state index in [1.807, 2.05) is 25.1 Å². The minimum Gasteiger partial charge on any atom is -0.444 e. The highest BCUT2D eigenvalue weighted by Gasteiger charge is 2.22. The van der Waals surface area contributed by atoms with Crippen LogP contribution in [0.2, 0.25) is 0 Å². The molecule has 5 rings (SSSR count). The van der Waals surface area contributed by atoms with Gasteiger partial charge in [-0.15, -0.1) is 0 Å². The summed E-state index contributed by atoms with van der Waals surface area (Å²) in [5.74, 6) is 2.13. The summed E-state index contributed by atoms with van der Waals surface area (Å²) in [7, 11) is 0. The fourth-order valence-electron chi connectivity index (χ4n) is 4.30. The molecule has 4 heterocycles. The van der Waals surface area contributed by atoms with E-state index in [4.69, 9.17) is 9.40 Å². The fraction of sp³-hybridized carbons (Fsp3) is 0.375. The Morgan fingerprint density at radius 3 is 2.71 bits per heavy atom. The molecule has 0 radical (unpaired) electrons. The maximum Gasteiger partial charge on any atom is 0.271 e. The number of para-hydroxylation sites is 2. The Balaban J connectivity index is 0.00000289. The number of hydrogen-bond donors (Lipinski definition) is 2. The van der Waals surface area contributed by atoms with Crippen molar-refractivity contribution in [1.82, 2.24) is 34.7 Å². The molecule has 1 saturated heterocycles. The van der Waals surface area contributed by atoms with Gasteiger partial charge in [0.2, 0.25) is 5.95 Å². The van der Waals surface area contributed by atoms with Crippen LogP contribution in [0.25, 0.3) is 11.0 Å². The highest BCUT2D eigenvalue weighted by atomic mass is 16.4. The van der Waals surface area contributed by atoms with Gasteiger partial charge < -0.3 is 30.0 Å². The fourth-order valence-corrected chi connectivity index (χ4v) is 4.30. The third-order valence-electron chi connectivity index (χ3n) is 6.07. The lowest BCUT2D eigenvalue weighted by atomic mass is 10.1. The molecule has 0 unspecified atom stereocenters. The molecular formula is C24H30N8O3. The lowest BCUT2D eigenvalue weighted by Gasteiger charge is -2.32. The first kappa shape index (κ1) is 24.3. The molecule has 1 aliphatic heterocycles. The van der Waals surface area contributed by atoms with Crippen LogP contribution in [-0.4, -0.2) is 73.0 Å². The molecule has 1 aliphatic rings. The van der Waals surface area contributed by atoms with E-state index in [0.29, 0.717) is 30.7 Å². The molecule has 11 heteroatoms. The monoisotopic (exact) mass is 478 g/mol. The number of nitrogens with zero attached hydrogens (tertiary/aromatic N) is 6.